The molecule has 1 aromatic carbocycles. The van der Waals surface area contributed by atoms with Crippen LogP contribution in [0.5, 0.6) is 0 Å². The molecule has 0 aliphatic carbocycles. The van der Waals surface area contributed by atoms with Crippen molar-refractivity contribution in [1.82, 2.24) is 0 Å². The summed E-state index contributed by atoms with van der Waals surface area (Å²) >= 11 is 0. The molecule has 106 valence electrons. The fraction of sp³-hybridized carbons (Fsp3) is 0.556. The fourth-order valence-corrected chi connectivity index (χ4v) is 1.36. The van der Waals surface area contributed by atoms with Crippen molar-refractivity contribution in [3.8, 4) is 0 Å². The van der Waals surface area contributed by atoms with Crippen LogP contribution in [-0.2, 0) is 6.42 Å². The van der Waals surface area contributed by atoms with Crippen LogP contribution in [0, 0.1) is 5.92 Å². The molecular formula is C18H34. The molecule has 1 rings (SSSR count). The Kier molecular flexibility index (Phi) is 22.6. The van der Waals surface area contributed by atoms with Crippen LogP contribution in [0.1, 0.15) is 66.5 Å². The summed E-state index contributed by atoms with van der Waals surface area (Å²) in [6.45, 7) is 20.3. The van der Waals surface area contributed by atoms with E-state index in [4.69, 9.17) is 0 Å². The minimum absolute atomic E-state index is 0.714. The number of hydrogen-bond donors (Lipinski definition) is 0. The molecule has 0 heterocycles. The van der Waals surface area contributed by atoms with Gasteiger partial charge in [-0.25, -0.2) is 0 Å². The first-order chi connectivity index (χ1) is 8.74. The van der Waals surface area contributed by atoms with Crippen LogP contribution in [0.25, 0.3) is 6.08 Å². The largest absolute Gasteiger partial charge is 0.0985 e. The highest BCUT2D eigenvalue weighted by Gasteiger charge is 2.00. The summed E-state index contributed by atoms with van der Waals surface area (Å²) in [5.41, 5.74) is 2.67. The maximum Gasteiger partial charge on any atom is -0.0230 e. The molecule has 0 unspecified atom stereocenters. The van der Waals surface area contributed by atoms with Crippen molar-refractivity contribution >= 4 is 6.08 Å². The number of benzene rings is 1. The van der Waals surface area contributed by atoms with Crippen LogP contribution >= 0.6 is 0 Å². The molecule has 18 heavy (non-hydrogen) atoms. The van der Waals surface area contributed by atoms with Crippen molar-refractivity contribution < 1.29 is 0 Å². The predicted octanol–water partition coefficient (Wildman–Crippen LogP) is 6.61. The third-order valence-electron chi connectivity index (χ3n) is 1.90. The fourth-order valence-electron chi connectivity index (χ4n) is 1.36. The smallest absolute Gasteiger partial charge is 0.0230 e. The van der Waals surface area contributed by atoms with Gasteiger partial charge in [0, 0.05) is 0 Å². The molecule has 0 amide bonds. The highest BCUT2D eigenvalue weighted by atomic mass is 14.0. The van der Waals surface area contributed by atoms with Crippen molar-refractivity contribution in [2.45, 2.75) is 61.8 Å². The molecule has 0 bridgehead atoms. The zero-order chi connectivity index (χ0) is 15.0. The Balaban J connectivity index is -0.000000328. The summed E-state index contributed by atoms with van der Waals surface area (Å²) in [5.74, 6) is 0.714. The molecule has 0 spiro atoms. The van der Waals surface area contributed by atoms with Gasteiger partial charge >= 0.3 is 0 Å². The van der Waals surface area contributed by atoms with Crippen molar-refractivity contribution in [2.24, 2.45) is 5.92 Å². The van der Waals surface area contributed by atoms with Crippen molar-refractivity contribution in [1.29, 1.82) is 0 Å². The SMILES string of the molecule is C=Cc1ccccc1CC(C)C.CC.CC.CC. The lowest BCUT2D eigenvalue weighted by Crippen LogP contribution is -1.95. The standard InChI is InChI=1S/C12H16.3C2H6/c1-4-11-7-5-6-8-12(11)9-10(2)3;3*1-2/h4-8,10H,1,9H2,2-3H3;3*1-2H3. The second kappa shape index (κ2) is 18.3. The zero-order valence-corrected chi connectivity index (χ0v) is 13.9. The molecule has 0 N–H and O–H groups in total. The highest BCUT2D eigenvalue weighted by Crippen LogP contribution is 2.14. The molecule has 0 nitrogen and oxygen atoms in total. The summed E-state index contributed by atoms with van der Waals surface area (Å²) in [6, 6.07) is 8.44. The van der Waals surface area contributed by atoms with Crippen molar-refractivity contribution in [2.75, 3.05) is 0 Å². The maximum absolute atomic E-state index is 3.80. The minimum atomic E-state index is 0.714. The van der Waals surface area contributed by atoms with E-state index in [1.54, 1.807) is 0 Å². The lowest BCUT2D eigenvalue weighted by molar-refractivity contribution is 0.646. The van der Waals surface area contributed by atoms with E-state index in [1.807, 2.05) is 47.6 Å². The molecular weight excluding hydrogens is 216 g/mol. The Bertz CT molecular complexity index is 258. The first-order valence-electron chi connectivity index (χ1n) is 7.44. The van der Waals surface area contributed by atoms with Gasteiger partial charge in [0.2, 0.25) is 0 Å². The Morgan fingerprint density at radius 2 is 1.39 bits per heavy atom. The van der Waals surface area contributed by atoms with Gasteiger partial charge in [-0.3, -0.25) is 0 Å². The summed E-state index contributed by atoms with van der Waals surface area (Å²) < 4.78 is 0. The predicted molar refractivity (Wildman–Crippen MR) is 89.1 cm³/mol. The lowest BCUT2D eigenvalue weighted by Gasteiger charge is -2.07. The van der Waals surface area contributed by atoms with Gasteiger partial charge in [-0.1, -0.05) is 92.3 Å². The van der Waals surface area contributed by atoms with Crippen LogP contribution in [0.2, 0.25) is 0 Å². The normalized spacial score (nSPS) is 7.83. The van der Waals surface area contributed by atoms with Crippen LogP contribution < -0.4 is 0 Å². The minimum Gasteiger partial charge on any atom is -0.0985 e. The molecule has 0 saturated heterocycles. The topological polar surface area (TPSA) is 0 Å². The first-order valence-corrected chi connectivity index (χ1v) is 7.44. The van der Waals surface area contributed by atoms with Gasteiger partial charge in [-0.05, 0) is 23.5 Å². The Hall–Kier alpha value is -1.04. The molecule has 0 aliphatic rings. The first kappa shape index (κ1) is 22.2. The molecule has 1 aromatic rings. The third-order valence-corrected chi connectivity index (χ3v) is 1.90. The van der Waals surface area contributed by atoms with E-state index in [-0.39, 0.29) is 0 Å². The molecule has 0 aliphatic heterocycles. The lowest BCUT2D eigenvalue weighted by atomic mass is 9.98. The second-order valence-corrected chi connectivity index (χ2v) is 3.50. The van der Waals surface area contributed by atoms with E-state index in [2.05, 4.69) is 44.7 Å². The van der Waals surface area contributed by atoms with Gasteiger partial charge in [-0.15, -0.1) is 0 Å². The second-order valence-electron chi connectivity index (χ2n) is 3.50. The van der Waals surface area contributed by atoms with E-state index in [1.165, 1.54) is 11.1 Å². The van der Waals surface area contributed by atoms with Crippen molar-refractivity contribution in [3.05, 3.63) is 42.0 Å². The molecule has 0 radical (unpaired) electrons. The Morgan fingerprint density at radius 1 is 0.944 bits per heavy atom. The van der Waals surface area contributed by atoms with Gasteiger partial charge in [0.25, 0.3) is 0 Å². The van der Waals surface area contributed by atoms with Gasteiger partial charge in [-0.2, -0.15) is 0 Å². The van der Waals surface area contributed by atoms with Gasteiger partial charge in [0.1, 0.15) is 0 Å². The molecule has 0 saturated carbocycles. The van der Waals surface area contributed by atoms with E-state index in [0.29, 0.717) is 5.92 Å². The average Bonchev–Trinajstić information content (AvgIpc) is 2.45. The van der Waals surface area contributed by atoms with Crippen LogP contribution in [0.15, 0.2) is 30.8 Å². The molecule has 0 aromatic heterocycles. The van der Waals surface area contributed by atoms with E-state index in [9.17, 15) is 0 Å². The Morgan fingerprint density at radius 3 is 1.78 bits per heavy atom. The maximum atomic E-state index is 3.80. The monoisotopic (exact) mass is 250 g/mol. The molecule has 0 atom stereocenters. The summed E-state index contributed by atoms with van der Waals surface area (Å²) in [7, 11) is 0. The zero-order valence-electron chi connectivity index (χ0n) is 13.9. The van der Waals surface area contributed by atoms with Crippen LogP contribution in [0.3, 0.4) is 0 Å². The van der Waals surface area contributed by atoms with E-state index >= 15 is 0 Å². The van der Waals surface area contributed by atoms with Crippen molar-refractivity contribution in [3.63, 3.8) is 0 Å². The highest BCUT2D eigenvalue weighted by molar-refractivity contribution is 5.51. The summed E-state index contributed by atoms with van der Waals surface area (Å²) in [6.07, 6.45) is 3.07. The van der Waals surface area contributed by atoms with E-state index < -0.39 is 0 Å². The third kappa shape index (κ3) is 11.4. The molecule has 0 heteroatoms. The average molecular weight is 250 g/mol. The Labute approximate surface area is 116 Å². The number of hydrogen-bond acceptors (Lipinski definition) is 0. The quantitative estimate of drug-likeness (QED) is 0.566. The van der Waals surface area contributed by atoms with Gasteiger partial charge in [0.05, 0.1) is 0 Å². The number of rotatable bonds is 3. The molecule has 0 fully saturated rings. The van der Waals surface area contributed by atoms with Crippen LogP contribution in [0.4, 0.5) is 0 Å². The van der Waals surface area contributed by atoms with Crippen LogP contribution in [-0.4, -0.2) is 0 Å². The summed E-state index contributed by atoms with van der Waals surface area (Å²) in [4.78, 5) is 0. The van der Waals surface area contributed by atoms with E-state index in [0.717, 1.165) is 6.42 Å². The van der Waals surface area contributed by atoms with Gasteiger partial charge in [0.15, 0.2) is 0 Å². The van der Waals surface area contributed by atoms with Gasteiger partial charge < -0.3 is 0 Å². The summed E-state index contributed by atoms with van der Waals surface area (Å²) in [5, 5.41) is 0.